The highest BCUT2D eigenvalue weighted by Gasteiger charge is 2.22. The first-order valence-electron chi connectivity index (χ1n) is 9.41. The number of hydrogen-bond acceptors (Lipinski definition) is 2. The van der Waals surface area contributed by atoms with Crippen molar-refractivity contribution in [3.63, 3.8) is 0 Å². The molecule has 142 valence electrons. The highest BCUT2D eigenvalue weighted by atomic mass is 19.1. The van der Waals surface area contributed by atoms with E-state index in [1.807, 2.05) is 47.1 Å². The monoisotopic (exact) mass is 368 g/mol. The molecule has 1 fully saturated rings. The highest BCUT2D eigenvalue weighted by Crippen LogP contribution is 2.13. The second kappa shape index (κ2) is 8.80. The van der Waals surface area contributed by atoms with E-state index in [4.69, 9.17) is 0 Å². The van der Waals surface area contributed by atoms with Crippen LogP contribution >= 0.6 is 0 Å². The predicted octanol–water partition coefficient (Wildman–Crippen LogP) is 3.44. The summed E-state index contributed by atoms with van der Waals surface area (Å²) in [7, 11) is 0. The fraction of sp³-hybridized carbons (Fsp3) is 0.364. The normalized spacial score (nSPS) is 14.7. The van der Waals surface area contributed by atoms with Crippen molar-refractivity contribution >= 4 is 11.8 Å². The molecule has 2 aromatic rings. The van der Waals surface area contributed by atoms with Crippen molar-refractivity contribution in [2.24, 2.45) is 0 Å². The molecule has 3 rings (SSSR count). The average molecular weight is 368 g/mol. The average Bonchev–Trinajstić information content (AvgIpc) is 2.92. The molecule has 1 aliphatic rings. The maximum absolute atomic E-state index is 13.3. The van der Waals surface area contributed by atoms with Gasteiger partial charge in [-0.2, -0.15) is 0 Å². The molecule has 0 aliphatic carbocycles. The van der Waals surface area contributed by atoms with E-state index < -0.39 is 0 Å². The summed E-state index contributed by atoms with van der Waals surface area (Å²) in [6, 6.07) is 14.0. The zero-order chi connectivity index (χ0) is 19.2. The van der Waals surface area contributed by atoms with E-state index in [0.29, 0.717) is 44.6 Å². The van der Waals surface area contributed by atoms with Crippen LogP contribution in [0.4, 0.5) is 4.39 Å². The Morgan fingerprint density at radius 2 is 1.70 bits per heavy atom. The van der Waals surface area contributed by atoms with Crippen molar-refractivity contribution in [1.29, 1.82) is 0 Å². The number of aryl methyl sites for hydroxylation is 2. The summed E-state index contributed by atoms with van der Waals surface area (Å²) in [5.74, 6) is -0.197. The van der Waals surface area contributed by atoms with Crippen LogP contribution in [0.25, 0.3) is 0 Å². The summed E-state index contributed by atoms with van der Waals surface area (Å²) in [6.45, 7) is 4.36. The second-order valence-corrected chi connectivity index (χ2v) is 7.03. The fourth-order valence-electron chi connectivity index (χ4n) is 3.43. The molecule has 0 aromatic heterocycles. The first-order chi connectivity index (χ1) is 13.0. The SMILES string of the molecule is Cc1cccc(C(=O)N2CCCN(C(=O)CCc3cccc(F)c3)CC2)c1. The van der Waals surface area contributed by atoms with E-state index in [1.54, 1.807) is 6.07 Å². The third-order valence-electron chi connectivity index (χ3n) is 4.92. The predicted molar refractivity (Wildman–Crippen MR) is 103 cm³/mol. The van der Waals surface area contributed by atoms with Crippen LogP contribution in [0.1, 0.15) is 34.3 Å². The summed E-state index contributed by atoms with van der Waals surface area (Å²) in [5, 5.41) is 0. The van der Waals surface area contributed by atoms with E-state index in [0.717, 1.165) is 17.5 Å². The topological polar surface area (TPSA) is 40.6 Å². The molecule has 0 spiro atoms. The van der Waals surface area contributed by atoms with Gasteiger partial charge in [-0.25, -0.2) is 4.39 Å². The number of halogens is 1. The van der Waals surface area contributed by atoms with E-state index >= 15 is 0 Å². The Morgan fingerprint density at radius 3 is 2.48 bits per heavy atom. The van der Waals surface area contributed by atoms with Gasteiger partial charge in [0.05, 0.1) is 0 Å². The zero-order valence-electron chi connectivity index (χ0n) is 15.7. The zero-order valence-corrected chi connectivity index (χ0v) is 15.7. The lowest BCUT2D eigenvalue weighted by Gasteiger charge is -2.22. The molecular formula is C22H25FN2O2. The van der Waals surface area contributed by atoms with E-state index in [1.165, 1.54) is 12.1 Å². The standard InChI is InChI=1S/C22H25FN2O2/c1-17-5-2-7-19(15-17)22(27)25-12-4-11-24(13-14-25)21(26)10-9-18-6-3-8-20(23)16-18/h2-3,5-8,15-16H,4,9-14H2,1H3. The van der Waals surface area contributed by atoms with E-state index in [2.05, 4.69) is 0 Å². The van der Waals surface area contributed by atoms with Crippen LogP contribution in [0.15, 0.2) is 48.5 Å². The molecule has 2 amide bonds. The number of rotatable bonds is 4. The lowest BCUT2D eigenvalue weighted by atomic mass is 10.1. The summed E-state index contributed by atoms with van der Waals surface area (Å²) in [4.78, 5) is 28.9. The first kappa shape index (κ1) is 19.1. The molecular weight excluding hydrogens is 343 g/mol. The van der Waals surface area contributed by atoms with Gasteiger partial charge in [-0.1, -0.05) is 29.8 Å². The van der Waals surface area contributed by atoms with Gasteiger partial charge in [0, 0.05) is 38.2 Å². The van der Waals surface area contributed by atoms with Crippen molar-refractivity contribution in [2.45, 2.75) is 26.2 Å². The smallest absolute Gasteiger partial charge is 0.253 e. The minimum Gasteiger partial charge on any atom is -0.341 e. The number of nitrogens with zero attached hydrogens (tertiary/aromatic N) is 2. The van der Waals surface area contributed by atoms with E-state index in [9.17, 15) is 14.0 Å². The number of amides is 2. The van der Waals surface area contributed by atoms with Gasteiger partial charge in [0.25, 0.3) is 5.91 Å². The number of carbonyl (C=O) groups is 2. The summed E-state index contributed by atoms with van der Waals surface area (Å²) >= 11 is 0. The maximum atomic E-state index is 13.3. The first-order valence-corrected chi connectivity index (χ1v) is 9.41. The fourth-order valence-corrected chi connectivity index (χ4v) is 3.43. The molecule has 27 heavy (non-hydrogen) atoms. The van der Waals surface area contributed by atoms with Crippen molar-refractivity contribution < 1.29 is 14.0 Å². The van der Waals surface area contributed by atoms with Gasteiger partial charge in [0.2, 0.25) is 5.91 Å². The highest BCUT2D eigenvalue weighted by molar-refractivity contribution is 5.94. The minimum atomic E-state index is -0.278. The van der Waals surface area contributed by atoms with Gasteiger partial charge in [0.15, 0.2) is 0 Å². The molecule has 0 saturated carbocycles. The summed E-state index contributed by atoms with van der Waals surface area (Å²) in [5.41, 5.74) is 2.58. The molecule has 0 radical (unpaired) electrons. The maximum Gasteiger partial charge on any atom is 0.253 e. The van der Waals surface area contributed by atoms with Crippen LogP contribution in [0.2, 0.25) is 0 Å². The van der Waals surface area contributed by atoms with Gasteiger partial charge in [0.1, 0.15) is 5.82 Å². The molecule has 0 bridgehead atoms. The van der Waals surface area contributed by atoms with Gasteiger partial charge >= 0.3 is 0 Å². The Kier molecular flexibility index (Phi) is 6.22. The molecule has 1 saturated heterocycles. The van der Waals surface area contributed by atoms with Gasteiger partial charge in [-0.3, -0.25) is 9.59 Å². The number of benzene rings is 2. The molecule has 2 aromatic carbocycles. The number of carbonyl (C=O) groups excluding carboxylic acids is 2. The minimum absolute atomic E-state index is 0.0211. The van der Waals surface area contributed by atoms with Crippen molar-refractivity contribution in [2.75, 3.05) is 26.2 Å². The number of hydrogen-bond donors (Lipinski definition) is 0. The van der Waals surface area contributed by atoms with Crippen LogP contribution < -0.4 is 0 Å². The second-order valence-electron chi connectivity index (χ2n) is 7.03. The van der Waals surface area contributed by atoms with Crippen LogP contribution in [0.3, 0.4) is 0 Å². The van der Waals surface area contributed by atoms with Crippen LogP contribution in [0, 0.1) is 12.7 Å². The summed E-state index contributed by atoms with van der Waals surface area (Å²) < 4.78 is 13.3. The van der Waals surface area contributed by atoms with Crippen LogP contribution in [0.5, 0.6) is 0 Å². The Hall–Kier alpha value is -2.69. The Labute approximate surface area is 159 Å². The van der Waals surface area contributed by atoms with Crippen LogP contribution in [-0.2, 0) is 11.2 Å². The third kappa shape index (κ3) is 5.16. The Balaban J connectivity index is 1.54. The quantitative estimate of drug-likeness (QED) is 0.829. The largest absolute Gasteiger partial charge is 0.341 e. The molecule has 1 aliphatic heterocycles. The molecule has 0 atom stereocenters. The van der Waals surface area contributed by atoms with Crippen molar-refractivity contribution in [3.8, 4) is 0 Å². The summed E-state index contributed by atoms with van der Waals surface area (Å²) in [6.07, 6.45) is 1.65. The molecule has 0 N–H and O–H groups in total. The van der Waals surface area contributed by atoms with Gasteiger partial charge in [-0.05, 0) is 49.6 Å². The molecule has 4 nitrogen and oxygen atoms in total. The Morgan fingerprint density at radius 1 is 0.963 bits per heavy atom. The molecule has 5 heteroatoms. The van der Waals surface area contributed by atoms with Gasteiger partial charge in [-0.15, -0.1) is 0 Å². The van der Waals surface area contributed by atoms with E-state index in [-0.39, 0.29) is 17.6 Å². The molecule has 1 heterocycles. The molecule has 0 unspecified atom stereocenters. The third-order valence-corrected chi connectivity index (χ3v) is 4.92. The lowest BCUT2D eigenvalue weighted by Crippen LogP contribution is -2.37. The van der Waals surface area contributed by atoms with Crippen LogP contribution in [-0.4, -0.2) is 47.8 Å². The lowest BCUT2D eigenvalue weighted by molar-refractivity contribution is -0.131. The van der Waals surface area contributed by atoms with Crippen molar-refractivity contribution in [3.05, 3.63) is 71.0 Å². The Bertz CT molecular complexity index is 821. The van der Waals surface area contributed by atoms with Crippen molar-refractivity contribution in [1.82, 2.24) is 9.80 Å². The van der Waals surface area contributed by atoms with Gasteiger partial charge < -0.3 is 9.80 Å².